The standard InChI is InChI=1S/C14H22N2/c1-14(2,3)12-7-5-6-8-13(12)16-10-11(16)9-15-4/h5-8,11,15H,9-10H2,1-4H3. The van der Waals surface area contributed by atoms with Gasteiger partial charge in [0.2, 0.25) is 0 Å². The predicted octanol–water partition coefficient (Wildman–Crippen LogP) is 2.39. The van der Waals surface area contributed by atoms with Gasteiger partial charge in [-0.25, -0.2) is 0 Å². The van der Waals surface area contributed by atoms with Crippen molar-refractivity contribution in [3.8, 4) is 0 Å². The number of nitrogens with zero attached hydrogens (tertiary/aromatic N) is 1. The lowest BCUT2D eigenvalue weighted by atomic mass is 9.86. The SMILES string of the molecule is CNCC1CN1c1ccccc1C(C)(C)C. The van der Waals surface area contributed by atoms with Crippen LogP contribution in [0.4, 0.5) is 5.69 Å². The molecule has 0 spiro atoms. The van der Waals surface area contributed by atoms with Gasteiger partial charge >= 0.3 is 0 Å². The zero-order valence-electron chi connectivity index (χ0n) is 10.7. The number of hydrogen-bond donors (Lipinski definition) is 1. The first-order valence-electron chi connectivity index (χ1n) is 6.05. The minimum absolute atomic E-state index is 0.226. The van der Waals surface area contributed by atoms with Crippen LogP contribution < -0.4 is 10.2 Å². The maximum atomic E-state index is 3.25. The van der Waals surface area contributed by atoms with Crippen LogP contribution in [0, 0.1) is 0 Å². The van der Waals surface area contributed by atoms with Gasteiger partial charge in [-0.2, -0.15) is 0 Å². The fraction of sp³-hybridized carbons (Fsp3) is 0.571. The Hall–Kier alpha value is -1.02. The Balaban J connectivity index is 2.22. The Morgan fingerprint density at radius 2 is 2.00 bits per heavy atom. The Kier molecular flexibility index (Phi) is 2.94. The minimum Gasteiger partial charge on any atom is -0.363 e. The third kappa shape index (κ3) is 2.22. The van der Waals surface area contributed by atoms with E-state index < -0.39 is 0 Å². The molecule has 0 bridgehead atoms. The van der Waals surface area contributed by atoms with Crippen LogP contribution in [0.5, 0.6) is 0 Å². The van der Waals surface area contributed by atoms with E-state index in [-0.39, 0.29) is 5.41 Å². The molecular formula is C14H22N2. The topological polar surface area (TPSA) is 15.0 Å². The second kappa shape index (κ2) is 4.10. The van der Waals surface area contributed by atoms with Gasteiger partial charge in [0.1, 0.15) is 0 Å². The maximum Gasteiger partial charge on any atom is 0.0590 e. The Bertz CT molecular complexity index is 365. The van der Waals surface area contributed by atoms with E-state index in [1.807, 2.05) is 7.05 Å². The van der Waals surface area contributed by atoms with E-state index in [1.165, 1.54) is 17.8 Å². The molecule has 0 aliphatic carbocycles. The molecule has 0 radical (unpaired) electrons. The lowest BCUT2D eigenvalue weighted by Gasteiger charge is -2.23. The number of benzene rings is 1. The van der Waals surface area contributed by atoms with Crippen LogP contribution in [0.1, 0.15) is 26.3 Å². The van der Waals surface area contributed by atoms with Gasteiger partial charge in [0.15, 0.2) is 0 Å². The van der Waals surface area contributed by atoms with Crippen LogP contribution in [-0.2, 0) is 5.41 Å². The third-order valence-electron chi connectivity index (χ3n) is 3.18. The van der Waals surface area contributed by atoms with Gasteiger partial charge in [-0.15, -0.1) is 0 Å². The molecule has 0 amide bonds. The van der Waals surface area contributed by atoms with E-state index in [2.05, 4.69) is 55.3 Å². The third-order valence-corrected chi connectivity index (χ3v) is 3.18. The zero-order valence-corrected chi connectivity index (χ0v) is 10.7. The van der Waals surface area contributed by atoms with Gasteiger partial charge < -0.3 is 10.2 Å². The molecule has 2 heteroatoms. The number of anilines is 1. The van der Waals surface area contributed by atoms with Gasteiger partial charge in [-0.1, -0.05) is 39.0 Å². The van der Waals surface area contributed by atoms with E-state index in [4.69, 9.17) is 0 Å². The van der Waals surface area contributed by atoms with Crippen molar-refractivity contribution in [2.45, 2.75) is 32.2 Å². The monoisotopic (exact) mass is 218 g/mol. The predicted molar refractivity (Wildman–Crippen MR) is 70.2 cm³/mol. The highest BCUT2D eigenvalue weighted by Gasteiger charge is 2.35. The summed E-state index contributed by atoms with van der Waals surface area (Å²) < 4.78 is 0. The van der Waals surface area contributed by atoms with Crippen molar-refractivity contribution in [3.05, 3.63) is 29.8 Å². The van der Waals surface area contributed by atoms with Crippen LogP contribution in [0.2, 0.25) is 0 Å². The fourth-order valence-electron chi connectivity index (χ4n) is 2.24. The summed E-state index contributed by atoms with van der Waals surface area (Å²) in [4.78, 5) is 2.48. The zero-order chi connectivity index (χ0) is 11.8. The summed E-state index contributed by atoms with van der Waals surface area (Å²) in [6, 6.07) is 9.47. The van der Waals surface area contributed by atoms with E-state index in [1.54, 1.807) is 0 Å². The van der Waals surface area contributed by atoms with E-state index in [0.29, 0.717) is 6.04 Å². The first-order chi connectivity index (χ1) is 7.54. The fourth-order valence-corrected chi connectivity index (χ4v) is 2.24. The number of para-hydroxylation sites is 1. The molecule has 1 saturated heterocycles. The molecular weight excluding hydrogens is 196 g/mol. The number of likely N-dealkylation sites (N-methyl/N-ethyl adjacent to an activating group) is 1. The van der Waals surface area contributed by atoms with Crippen LogP contribution in [0.3, 0.4) is 0 Å². The lowest BCUT2D eigenvalue weighted by Crippen LogP contribution is -2.19. The highest BCUT2D eigenvalue weighted by molar-refractivity contribution is 5.61. The van der Waals surface area contributed by atoms with Gasteiger partial charge in [-0.3, -0.25) is 0 Å². The summed E-state index contributed by atoms with van der Waals surface area (Å²) >= 11 is 0. The molecule has 1 aromatic carbocycles. The van der Waals surface area contributed by atoms with E-state index in [9.17, 15) is 0 Å². The van der Waals surface area contributed by atoms with Crippen molar-refractivity contribution >= 4 is 5.69 Å². The second-order valence-electron chi connectivity index (χ2n) is 5.63. The van der Waals surface area contributed by atoms with Gasteiger partial charge in [0.25, 0.3) is 0 Å². The molecule has 2 rings (SSSR count). The molecule has 0 saturated carbocycles. The minimum atomic E-state index is 0.226. The van der Waals surface area contributed by atoms with E-state index in [0.717, 1.165) is 6.54 Å². The molecule has 88 valence electrons. The molecule has 0 aromatic heterocycles. The smallest absolute Gasteiger partial charge is 0.0590 e. The van der Waals surface area contributed by atoms with E-state index >= 15 is 0 Å². The summed E-state index contributed by atoms with van der Waals surface area (Å²) in [6.07, 6.45) is 0. The average Bonchev–Trinajstić information content (AvgIpc) is 2.97. The lowest BCUT2D eigenvalue weighted by molar-refractivity contribution is 0.590. The quantitative estimate of drug-likeness (QED) is 0.784. The summed E-state index contributed by atoms with van der Waals surface area (Å²) in [5.41, 5.74) is 3.09. The Labute approximate surface area is 98.7 Å². The molecule has 1 aliphatic rings. The van der Waals surface area contributed by atoms with Crippen molar-refractivity contribution < 1.29 is 0 Å². The Morgan fingerprint density at radius 1 is 1.31 bits per heavy atom. The summed E-state index contributed by atoms with van der Waals surface area (Å²) in [6.45, 7) is 9.11. The summed E-state index contributed by atoms with van der Waals surface area (Å²) in [5.74, 6) is 0. The largest absolute Gasteiger partial charge is 0.363 e. The maximum absolute atomic E-state index is 3.25. The van der Waals surface area contributed by atoms with Gasteiger partial charge in [-0.05, 0) is 24.1 Å². The highest BCUT2D eigenvalue weighted by Crippen LogP contribution is 2.36. The highest BCUT2D eigenvalue weighted by atomic mass is 15.3. The van der Waals surface area contributed by atoms with Crippen molar-refractivity contribution in [1.82, 2.24) is 5.32 Å². The van der Waals surface area contributed by atoms with Gasteiger partial charge in [0, 0.05) is 18.8 Å². The average molecular weight is 218 g/mol. The number of nitrogens with one attached hydrogen (secondary N) is 1. The number of rotatable bonds is 3. The molecule has 1 unspecified atom stereocenters. The molecule has 1 fully saturated rings. The summed E-state index contributed by atoms with van der Waals surface area (Å²) in [7, 11) is 2.02. The number of hydrogen-bond acceptors (Lipinski definition) is 2. The van der Waals surface area contributed by atoms with Crippen molar-refractivity contribution in [1.29, 1.82) is 0 Å². The van der Waals surface area contributed by atoms with Crippen LogP contribution >= 0.6 is 0 Å². The molecule has 1 atom stereocenters. The summed E-state index contributed by atoms with van der Waals surface area (Å²) in [5, 5.41) is 3.25. The van der Waals surface area contributed by atoms with Gasteiger partial charge in [0.05, 0.1) is 6.04 Å². The molecule has 16 heavy (non-hydrogen) atoms. The van der Waals surface area contributed by atoms with Crippen LogP contribution in [0.25, 0.3) is 0 Å². The van der Waals surface area contributed by atoms with Crippen LogP contribution in [0.15, 0.2) is 24.3 Å². The second-order valence-corrected chi connectivity index (χ2v) is 5.63. The molecule has 1 aromatic rings. The molecule has 1 heterocycles. The van der Waals surface area contributed by atoms with Crippen molar-refractivity contribution in [2.24, 2.45) is 0 Å². The van der Waals surface area contributed by atoms with Crippen LogP contribution in [-0.4, -0.2) is 26.2 Å². The first kappa shape index (κ1) is 11.5. The molecule has 1 N–H and O–H groups in total. The molecule has 2 nitrogen and oxygen atoms in total. The molecule has 1 aliphatic heterocycles. The first-order valence-corrected chi connectivity index (χ1v) is 6.05. The van der Waals surface area contributed by atoms with Crippen molar-refractivity contribution in [3.63, 3.8) is 0 Å². The normalized spacial score (nSPS) is 20.0. The van der Waals surface area contributed by atoms with Crippen molar-refractivity contribution in [2.75, 3.05) is 25.0 Å². The Morgan fingerprint density at radius 3 is 2.62 bits per heavy atom.